The van der Waals surface area contributed by atoms with Gasteiger partial charge in [-0.3, -0.25) is 14.7 Å². The van der Waals surface area contributed by atoms with Crippen molar-refractivity contribution in [3.8, 4) is 5.75 Å². The van der Waals surface area contributed by atoms with Crippen LogP contribution in [0.4, 0.5) is 0 Å². The smallest absolute Gasteiger partial charge is 0.225 e. The number of nitrogens with one attached hydrogen (secondary N) is 1. The first-order valence-corrected chi connectivity index (χ1v) is 11.2. The van der Waals surface area contributed by atoms with E-state index in [2.05, 4.69) is 46.1 Å². The summed E-state index contributed by atoms with van der Waals surface area (Å²) in [5.74, 6) is 2.49. The van der Waals surface area contributed by atoms with Crippen molar-refractivity contribution in [1.82, 2.24) is 20.0 Å². The van der Waals surface area contributed by atoms with E-state index in [1.165, 1.54) is 12.0 Å². The number of methoxy groups -OCH3 is 1. The van der Waals surface area contributed by atoms with Crippen molar-refractivity contribution in [3.05, 3.63) is 29.8 Å². The van der Waals surface area contributed by atoms with Crippen molar-refractivity contribution in [1.29, 1.82) is 0 Å². The number of piperazine rings is 1. The summed E-state index contributed by atoms with van der Waals surface area (Å²) < 4.78 is 5.23. The van der Waals surface area contributed by atoms with Gasteiger partial charge in [-0.25, -0.2) is 0 Å². The van der Waals surface area contributed by atoms with Crippen molar-refractivity contribution in [2.45, 2.75) is 32.7 Å². The first-order valence-electron chi connectivity index (χ1n) is 11.2. The van der Waals surface area contributed by atoms with Crippen LogP contribution < -0.4 is 10.1 Å². The second-order valence-electron chi connectivity index (χ2n) is 8.23. The molecule has 2 aliphatic rings. The number of amides is 1. The minimum atomic E-state index is 0.310. The first-order chi connectivity index (χ1) is 14.6. The highest BCUT2D eigenvalue weighted by Crippen LogP contribution is 2.28. The van der Waals surface area contributed by atoms with E-state index in [9.17, 15) is 4.79 Å². The van der Waals surface area contributed by atoms with Crippen molar-refractivity contribution < 1.29 is 9.53 Å². The van der Waals surface area contributed by atoms with E-state index < -0.39 is 0 Å². The number of benzene rings is 1. The van der Waals surface area contributed by atoms with Gasteiger partial charge >= 0.3 is 0 Å². The molecular formula is C23H37N5O2. The lowest BCUT2D eigenvalue weighted by Crippen LogP contribution is -2.51. The topological polar surface area (TPSA) is 60.4 Å². The molecule has 30 heavy (non-hydrogen) atoms. The van der Waals surface area contributed by atoms with Gasteiger partial charge in [-0.2, -0.15) is 0 Å². The van der Waals surface area contributed by atoms with Gasteiger partial charge in [-0.15, -0.1) is 0 Å². The van der Waals surface area contributed by atoms with E-state index in [1.54, 1.807) is 7.11 Å². The Labute approximate surface area is 181 Å². The lowest BCUT2D eigenvalue weighted by Gasteiger charge is -2.38. The van der Waals surface area contributed by atoms with Crippen LogP contribution in [0.2, 0.25) is 0 Å². The Kier molecular flexibility index (Phi) is 8.37. The normalized spacial score (nSPS) is 18.1. The summed E-state index contributed by atoms with van der Waals surface area (Å²) in [7, 11) is 3.75. The monoisotopic (exact) mass is 415 g/mol. The largest absolute Gasteiger partial charge is 0.497 e. The van der Waals surface area contributed by atoms with Crippen LogP contribution in [0.5, 0.6) is 5.75 Å². The Morgan fingerprint density at radius 3 is 2.47 bits per heavy atom. The van der Waals surface area contributed by atoms with Crippen LogP contribution in [0.1, 0.15) is 31.7 Å². The van der Waals surface area contributed by atoms with E-state index >= 15 is 0 Å². The molecule has 0 radical (unpaired) electrons. The summed E-state index contributed by atoms with van der Waals surface area (Å²) in [6.07, 6.45) is 3.39. The molecule has 1 aliphatic heterocycles. The third-order valence-corrected chi connectivity index (χ3v) is 6.09. The van der Waals surface area contributed by atoms with E-state index in [0.717, 1.165) is 76.9 Å². The molecule has 1 aromatic carbocycles. The fraction of sp³-hybridized carbons (Fsp3) is 0.652. The maximum absolute atomic E-state index is 12.4. The number of guanidine groups is 1. The number of rotatable bonds is 8. The zero-order valence-electron chi connectivity index (χ0n) is 18.8. The van der Waals surface area contributed by atoms with Crippen LogP contribution in [-0.4, -0.2) is 86.5 Å². The number of nitrogens with zero attached hydrogens (tertiary/aromatic N) is 4. The quantitative estimate of drug-likeness (QED) is 0.520. The number of carbonyl (C=O) groups excluding carboxylic acids is 1. The van der Waals surface area contributed by atoms with Crippen molar-refractivity contribution in [2.75, 3.05) is 60.0 Å². The second-order valence-corrected chi connectivity index (χ2v) is 8.23. The molecule has 2 fully saturated rings. The van der Waals surface area contributed by atoms with Crippen molar-refractivity contribution in [2.24, 2.45) is 10.9 Å². The highest BCUT2D eigenvalue weighted by atomic mass is 16.5. The van der Waals surface area contributed by atoms with Gasteiger partial charge in [0.1, 0.15) is 5.75 Å². The summed E-state index contributed by atoms with van der Waals surface area (Å²) in [6, 6.07) is 8.15. The minimum Gasteiger partial charge on any atom is -0.497 e. The van der Waals surface area contributed by atoms with Crippen molar-refractivity contribution >= 4 is 11.9 Å². The minimum absolute atomic E-state index is 0.310. The summed E-state index contributed by atoms with van der Waals surface area (Å²) in [4.78, 5) is 23.9. The molecule has 0 bridgehead atoms. The van der Waals surface area contributed by atoms with Crippen LogP contribution in [0.15, 0.2) is 29.3 Å². The molecule has 3 rings (SSSR count). The summed E-state index contributed by atoms with van der Waals surface area (Å²) >= 11 is 0. The SMILES string of the molecule is CCNC(=NCCN1CCN(C(=O)C2CCC2)CC1)N(C)Cc1ccc(OC)cc1. The summed E-state index contributed by atoms with van der Waals surface area (Å²) in [5, 5.41) is 3.39. The van der Waals surface area contributed by atoms with E-state index in [-0.39, 0.29) is 0 Å². The Bertz CT molecular complexity index is 694. The fourth-order valence-corrected chi connectivity index (χ4v) is 3.95. The standard InChI is InChI=1S/C23H37N5O2/c1-4-24-23(26(2)18-19-8-10-21(30-3)11-9-19)25-12-13-27-14-16-28(17-15-27)22(29)20-6-5-7-20/h8-11,20H,4-7,12-18H2,1-3H3,(H,24,25). The molecule has 1 aliphatic carbocycles. The molecule has 1 aromatic rings. The average Bonchev–Trinajstić information content (AvgIpc) is 2.73. The van der Waals surface area contributed by atoms with Gasteiger partial charge < -0.3 is 19.9 Å². The molecule has 166 valence electrons. The predicted molar refractivity (Wildman–Crippen MR) is 121 cm³/mol. The highest BCUT2D eigenvalue weighted by molar-refractivity contribution is 5.80. The van der Waals surface area contributed by atoms with E-state index in [0.29, 0.717) is 11.8 Å². The molecule has 0 spiro atoms. The second kappa shape index (κ2) is 11.2. The molecule has 1 saturated heterocycles. The lowest BCUT2D eigenvalue weighted by molar-refractivity contribution is -0.139. The zero-order chi connectivity index (χ0) is 21.3. The molecule has 1 amide bonds. The third-order valence-electron chi connectivity index (χ3n) is 6.09. The number of hydrogen-bond acceptors (Lipinski definition) is 4. The first kappa shape index (κ1) is 22.4. The van der Waals surface area contributed by atoms with Crippen LogP contribution in [0.25, 0.3) is 0 Å². The fourth-order valence-electron chi connectivity index (χ4n) is 3.95. The predicted octanol–water partition coefficient (Wildman–Crippen LogP) is 2.04. The Morgan fingerprint density at radius 1 is 1.20 bits per heavy atom. The molecular weight excluding hydrogens is 378 g/mol. The zero-order valence-corrected chi connectivity index (χ0v) is 18.8. The Balaban J connectivity index is 1.44. The maximum Gasteiger partial charge on any atom is 0.225 e. The average molecular weight is 416 g/mol. The third kappa shape index (κ3) is 6.11. The van der Waals surface area contributed by atoms with Gasteiger partial charge in [0.15, 0.2) is 5.96 Å². The molecule has 7 heteroatoms. The number of ether oxygens (including phenoxy) is 1. The number of aliphatic imine (C=N–C) groups is 1. The van der Waals surface area contributed by atoms with Gasteiger partial charge in [-0.05, 0) is 37.5 Å². The molecule has 1 N–H and O–H groups in total. The molecule has 0 unspecified atom stereocenters. The van der Waals surface area contributed by atoms with Crippen LogP contribution in [-0.2, 0) is 11.3 Å². The highest BCUT2D eigenvalue weighted by Gasteiger charge is 2.30. The Hall–Kier alpha value is -2.28. The maximum atomic E-state index is 12.4. The number of carbonyl (C=O) groups is 1. The van der Waals surface area contributed by atoms with E-state index in [1.807, 2.05) is 12.1 Å². The summed E-state index contributed by atoms with van der Waals surface area (Å²) in [5.41, 5.74) is 1.22. The molecule has 7 nitrogen and oxygen atoms in total. The number of hydrogen-bond donors (Lipinski definition) is 1. The van der Waals surface area contributed by atoms with Gasteiger partial charge in [0, 0.05) is 58.8 Å². The molecule has 1 saturated carbocycles. The molecule has 0 atom stereocenters. The molecule has 1 heterocycles. The lowest BCUT2D eigenvalue weighted by atomic mass is 9.84. The van der Waals surface area contributed by atoms with Gasteiger partial charge in [-0.1, -0.05) is 18.6 Å². The van der Waals surface area contributed by atoms with Gasteiger partial charge in [0.25, 0.3) is 0 Å². The summed E-state index contributed by atoms with van der Waals surface area (Å²) in [6.45, 7) is 9.02. The van der Waals surface area contributed by atoms with Gasteiger partial charge in [0.2, 0.25) is 5.91 Å². The van der Waals surface area contributed by atoms with Crippen molar-refractivity contribution in [3.63, 3.8) is 0 Å². The van der Waals surface area contributed by atoms with Crippen LogP contribution in [0, 0.1) is 5.92 Å². The van der Waals surface area contributed by atoms with Crippen LogP contribution in [0.3, 0.4) is 0 Å². The Morgan fingerprint density at radius 2 is 1.90 bits per heavy atom. The van der Waals surface area contributed by atoms with E-state index in [4.69, 9.17) is 9.73 Å². The molecule has 0 aromatic heterocycles. The van der Waals surface area contributed by atoms with Crippen LogP contribution >= 0.6 is 0 Å². The van der Waals surface area contributed by atoms with Gasteiger partial charge in [0.05, 0.1) is 13.7 Å².